The largest absolute Gasteiger partial charge is 0.465 e. The number of carbonyl (C=O) groups is 1. The summed E-state index contributed by atoms with van der Waals surface area (Å²) >= 11 is 1.33. The number of nitrogens with zero attached hydrogens (tertiary/aromatic N) is 3. The minimum Gasteiger partial charge on any atom is -0.465 e. The molecule has 0 amide bonds. The molecule has 2 N–H and O–H groups in total. The molecule has 24 heavy (non-hydrogen) atoms. The molecule has 0 saturated heterocycles. The quantitative estimate of drug-likeness (QED) is 0.706. The number of esters is 1. The molecule has 0 bridgehead atoms. The third-order valence-electron chi connectivity index (χ3n) is 3.99. The number of aromatic amines is 1. The minimum absolute atomic E-state index is 0.347. The lowest BCUT2D eigenvalue weighted by Crippen LogP contribution is -2.05. The maximum atomic E-state index is 11.9. The Morgan fingerprint density at radius 3 is 2.62 bits per heavy atom. The van der Waals surface area contributed by atoms with Crippen molar-refractivity contribution in [3.63, 3.8) is 0 Å². The van der Waals surface area contributed by atoms with E-state index in [0.29, 0.717) is 17.2 Å². The highest BCUT2D eigenvalue weighted by atomic mass is 32.1. The summed E-state index contributed by atoms with van der Waals surface area (Å²) in [5, 5.41) is 11.4. The Labute approximate surface area is 143 Å². The number of fused-ring (bicyclic) bond motifs is 1. The van der Waals surface area contributed by atoms with Crippen molar-refractivity contribution in [3.05, 3.63) is 33.2 Å². The van der Waals surface area contributed by atoms with Gasteiger partial charge >= 0.3 is 5.97 Å². The van der Waals surface area contributed by atoms with Crippen LogP contribution in [0, 0.1) is 27.7 Å². The molecule has 0 unspecified atom stereocenters. The molecule has 0 radical (unpaired) electrons. The smallest absolute Gasteiger partial charge is 0.348 e. The van der Waals surface area contributed by atoms with Crippen LogP contribution in [0.4, 0.5) is 5.82 Å². The molecule has 0 aliphatic rings. The molecule has 3 aromatic rings. The second-order valence-corrected chi connectivity index (χ2v) is 6.61. The van der Waals surface area contributed by atoms with Gasteiger partial charge in [-0.3, -0.25) is 5.10 Å². The molecule has 126 valence electrons. The first-order valence-corrected chi connectivity index (χ1v) is 8.34. The normalized spacial score (nSPS) is 11.0. The molecule has 0 aliphatic heterocycles. The van der Waals surface area contributed by atoms with Crippen LogP contribution in [0.15, 0.2) is 0 Å². The van der Waals surface area contributed by atoms with Crippen LogP contribution in [0.5, 0.6) is 0 Å². The van der Waals surface area contributed by atoms with Crippen LogP contribution in [0.3, 0.4) is 0 Å². The van der Waals surface area contributed by atoms with Crippen molar-refractivity contribution in [2.75, 3.05) is 12.4 Å². The van der Waals surface area contributed by atoms with Gasteiger partial charge in [0.25, 0.3) is 0 Å². The van der Waals surface area contributed by atoms with Crippen molar-refractivity contribution in [2.24, 2.45) is 0 Å². The van der Waals surface area contributed by atoms with Crippen LogP contribution in [0.1, 0.15) is 38.0 Å². The monoisotopic (exact) mass is 345 g/mol. The van der Waals surface area contributed by atoms with E-state index in [1.807, 2.05) is 27.7 Å². The van der Waals surface area contributed by atoms with E-state index < -0.39 is 0 Å². The van der Waals surface area contributed by atoms with Crippen LogP contribution in [0.25, 0.3) is 10.2 Å². The van der Waals surface area contributed by atoms with Crippen LogP contribution in [0.2, 0.25) is 0 Å². The van der Waals surface area contributed by atoms with Crippen molar-refractivity contribution < 1.29 is 9.53 Å². The lowest BCUT2D eigenvalue weighted by molar-refractivity contribution is 0.0605. The predicted molar refractivity (Wildman–Crippen MR) is 93.6 cm³/mol. The second-order valence-electron chi connectivity index (χ2n) is 5.61. The van der Waals surface area contributed by atoms with Crippen LogP contribution in [-0.2, 0) is 11.3 Å². The first-order chi connectivity index (χ1) is 11.4. The van der Waals surface area contributed by atoms with E-state index in [9.17, 15) is 4.79 Å². The zero-order valence-corrected chi connectivity index (χ0v) is 15.1. The third kappa shape index (κ3) is 2.73. The standard InChI is InChI=1S/C16H19N5O2S/c1-7-12-14(17-6-11-8(2)20-21-9(11)3)18-10(4)19-15(12)24-13(7)16(22)23-5/h6H2,1-5H3,(H,20,21)(H,17,18,19). The molecule has 3 heterocycles. The number of aryl methyl sites for hydroxylation is 4. The Kier molecular flexibility index (Phi) is 4.23. The maximum absolute atomic E-state index is 11.9. The number of hydrogen-bond donors (Lipinski definition) is 2. The Bertz CT molecular complexity index is 909. The number of aromatic nitrogens is 4. The zero-order valence-electron chi connectivity index (χ0n) is 14.3. The van der Waals surface area contributed by atoms with Gasteiger partial charge in [-0.25, -0.2) is 14.8 Å². The van der Waals surface area contributed by atoms with Crippen molar-refractivity contribution in [3.8, 4) is 0 Å². The lowest BCUT2D eigenvalue weighted by Gasteiger charge is -2.09. The van der Waals surface area contributed by atoms with E-state index in [4.69, 9.17) is 4.74 Å². The highest BCUT2D eigenvalue weighted by Gasteiger charge is 2.20. The summed E-state index contributed by atoms with van der Waals surface area (Å²) in [6.07, 6.45) is 0. The molecular formula is C16H19N5O2S. The number of H-pyrrole nitrogens is 1. The molecule has 0 fully saturated rings. The topological polar surface area (TPSA) is 92.8 Å². The van der Waals surface area contributed by atoms with E-state index in [-0.39, 0.29) is 5.97 Å². The van der Waals surface area contributed by atoms with Gasteiger partial charge in [-0.1, -0.05) is 0 Å². The molecule has 8 heteroatoms. The van der Waals surface area contributed by atoms with Gasteiger partial charge in [0.15, 0.2) is 0 Å². The summed E-state index contributed by atoms with van der Waals surface area (Å²) in [6.45, 7) is 8.28. The number of thiophene rings is 1. The number of rotatable bonds is 4. The Morgan fingerprint density at radius 1 is 1.25 bits per heavy atom. The van der Waals surface area contributed by atoms with Gasteiger partial charge < -0.3 is 10.1 Å². The Morgan fingerprint density at radius 2 is 2.00 bits per heavy atom. The molecule has 0 aliphatic carbocycles. The summed E-state index contributed by atoms with van der Waals surface area (Å²) in [7, 11) is 1.38. The highest BCUT2D eigenvalue weighted by molar-refractivity contribution is 7.20. The van der Waals surface area contributed by atoms with E-state index in [1.54, 1.807) is 0 Å². The zero-order chi connectivity index (χ0) is 17.4. The molecule has 0 saturated carbocycles. The highest BCUT2D eigenvalue weighted by Crippen LogP contribution is 2.34. The van der Waals surface area contributed by atoms with E-state index in [1.165, 1.54) is 18.4 Å². The fourth-order valence-electron chi connectivity index (χ4n) is 2.67. The SMILES string of the molecule is COC(=O)c1sc2nc(C)nc(NCc3c(C)n[nH]c3C)c2c1C. The number of nitrogens with one attached hydrogen (secondary N) is 2. The summed E-state index contributed by atoms with van der Waals surface area (Å²) in [4.78, 5) is 22.3. The summed E-state index contributed by atoms with van der Waals surface area (Å²) < 4.78 is 4.86. The Balaban J connectivity index is 2.04. The summed E-state index contributed by atoms with van der Waals surface area (Å²) in [5.74, 6) is 1.03. The van der Waals surface area contributed by atoms with Gasteiger partial charge in [0.2, 0.25) is 0 Å². The van der Waals surface area contributed by atoms with Crippen molar-refractivity contribution in [1.29, 1.82) is 0 Å². The number of carbonyl (C=O) groups excluding carboxylic acids is 1. The first-order valence-electron chi connectivity index (χ1n) is 7.52. The number of ether oxygens (including phenoxy) is 1. The van der Waals surface area contributed by atoms with E-state index >= 15 is 0 Å². The molecule has 0 aromatic carbocycles. The first kappa shape index (κ1) is 16.4. The Hall–Kier alpha value is -2.48. The average Bonchev–Trinajstić information content (AvgIpc) is 3.04. The predicted octanol–water partition coefficient (Wildman–Crippen LogP) is 3.05. The van der Waals surface area contributed by atoms with E-state index in [0.717, 1.165) is 38.5 Å². The van der Waals surface area contributed by atoms with Crippen LogP contribution in [-0.4, -0.2) is 33.2 Å². The molecule has 0 spiro atoms. The number of methoxy groups -OCH3 is 1. The van der Waals surface area contributed by atoms with Crippen molar-refractivity contribution in [1.82, 2.24) is 20.2 Å². The van der Waals surface area contributed by atoms with Crippen molar-refractivity contribution in [2.45, 2.75) is 34.2 Å². The second kappa shape index (κ2) is 6.20. The molecule has 7 nitrogen and oxygen atoms in total. The maximum Gasteiger partial charge on any atom is 0.348 e. The molecular weight excluding hydrogens is 326 g/mol. The van der Waals surface area contributed by atoms with Gasteiger partial charge in [-0.15, -0.1) is 11.3 Å². The average molecular weight is 345 g/mol. The number of hydrogen-bond acceptors (Lipinski definition) is 7. The van der Waals surface area contributed by atoms with Crippen LogP contribution < -0.4 is 5.32 Å². The minimum atomic E-state index is -0.347. The van der Waals surface area contributed by atoms with Gasteiger partial charge in [0, 0.05) is 17.8 Å². The fourth-order valence-corrected chi connectivity index (χ4v) is 3.81. The van der Waals surface area contributed by atoms with Gasteiger partial charge in [0.1, 0.15) is 21.3 Å². The van der Waals surface area contributed by atoms with Gasteiger partial charge in [0.05, 0.1) is 18.2 Å². The van der Waals surface area contributed by atoms with E-state index in [2.05, 4.69) is 25.5 Å². The fraction of sp³-hybridized carbons (Fsp3) is 0.375. The number of anilines is 1. The van der Waals surface area contributed by atoms with Crippen molar-refractivity contribution >= 4 is 33.3 Å². The molecule has 0 atom stereocenters. The van der Waals surface area contributed by atoms with Gasteiger partial charge in [-0.2, -0.15) is 5.10 Å². The molecule has 3 aromatic heterocycles. The summed E-state index contributed by atoms with van der Waals surface area (Å²) in [6, 6.07) is 0. The molecule has 3 rings (SSSR count). The lowest BCUT2D eigenvalue weighted by atomic mass is 10.1. The third-order valence-corrected chi connectivity index (χ3v) is 5.15. The van der Waals surface area contributed by atoms with Crippen LogP contribution >= 0.6 is 11.3 Å². The summed E-state index contributed by atoms with van der Waals surface area (Å²) in [5.41, 5.74) is 3.93. The van der Waals surface area contributed by atoms with Gasteiger partial charge in [-0.05, 0) is 33.3 Å².